The number of nitriles is 1. The Hall–Kier alpha value is -5.59. The Morgan fingerprint density at radius 3 is 2.28 bits per heavy atom. The standard InChI is InChI=1S/C44H48ClFN8O6/c1-43(2)41(44(3,4)42(43)60-28-7-5-26(22-47)31(45)19-28)50-37(56)27-6-9-35(48-23-27)53-13-11-25(12-14-53)24-51-15-17-52(18-16-51)34-21-30-29(20-32(34)46)39(58)54(40(30)59)33-8-10-36(55)49-38(33)57/h5-7,9,19-21,23,25,33,41-42H,8,10-18,24H2,1-4H3,(H,50,56)(H,49,55,57)/i15D2,16D2,17D2,18D2. The lowest BCUT2D eigenvalue weighted by Crippen LogP contribution is -2.74. The molecule has 3 aromatic rings. The summed E-state index contributed by atoms with van der Waals surface area (Å²) in [5, 5.41) is 14.7. The molecule has 1 saturated carbocycles. The highest BCUT2D eigenvalue weighted by Gasteiger charge is 2.64. The van der Waals surface area contributed by atoms with Crippen molar-refractivity contribution < 1.29 is 44.1 Å². The highest BCUT2D eigenvalue weighted by molar-refractivity contribution is 6.31. The minimum atomic E-state index is -3.49. The topological polar surface area (TPSA) is 168 Å². The van der Waals surface area contributed by atoms with Crippen molar-refractivity contribution in [1.29, 1.82) is 5.26 Å². The average molecular weight is 847 g/mol. The van der Waals surface area contributed by atoms with Gasteiger partial charge in [0.15, 0.2) is 0 Å². The quantitative estimate of drug-likeness (QED) is 0.284. The Morgan fingerprint density at radius 1 is 0.983 bits per heavy atom. The number of pyridine rings is 1. The number of hydrogen-bond donors (Lipinski definition) is 2. The van der Waals surface area contributed by atoms with Crippen molar-refractivity contribution in [3.05, 3.63) is 81.8 Å². The summed E-state index contributed by atoms with van der Waals surface area (Å²) in [7, 11) is 0. The molecule has 1 atom stereocenters. The number of benzene rings is 2. The Bertz CT molecular complexity index is 2640. The molecule has 8 rings (SSSR count). The van der Waals surface area contributed by atoms with Crippen molar-refractivity contribution in [2.45, 2.75) is 71.6 Å². The van der Waals surface area contributed by atoms with E-state index in [0.717, 1.165) is 0 Å². The van der Waals surface area contributed by atoms with Crippen LogP contribution in [0.15, 0.2) is 48.7 Å². The van der Waals surface area contributed by atoms with Gasteiger partial charge >= 0.3 is 0 Å². The molecule has 2 aromatic carbocycles. The van der Waals surface area contributed by atoms with Crippen LogP contribution in [-0.2, 0) is 9.59 Å². The molecule has 5 heterocycles. The van der Waals surface area contributed by atoms with E-state index in [2.05, 4.69) is 10.3 Å². The Labute approximate surface area is 364 Å². The number of amides is 5. The Balaban J connectivity index is 0.919. The molecule has 0 radical (unpaired) electrons. The van der Waals surface area contributed by atoms with Crippen LogP contribution in [0.3, 0.4) is 0 Å². The third-order valence-corrected chi connectivity index (χ3v) is 12.5. The van der Waals surface area contributed by atoms with E-state index in [-0.39, 0.29) is 40.8 Å². The van der Waals surface area contributed by atoms with Crippen LogP contribution in [0, 0.1) is 33.9 Å². The Kier molecular flexibility index (Phi) is 8.47. The number of carbonyl (C=O) groups is 5. The van der Waals surface area contributed by atoms with Crippen molar-refractivity contribution in [3.63, 3.8) is 0 Å². The minimum Gasteiger partial charge on any atom is -0.489 e. The van der Waals surface area contributed by atoms with Crippen LogP contribution in [0.2, 0.25) is 5.02 Å². The maximum atomic E-state index is 16.1. The smallest absolute Gasteiger partial charge is 0.262 e. The van der Waals surface area contributed by atoms with Crippen LogP contribution in [-0.4, -0.2) is 108 Å². The molecule has 1 aliphatic carbocycles. The fourth-order valence-corrected chi connectivity index (χ4v) is 9.47. The molecule has 5 aliphatic rings. The van der Waals surface area contributed by atoms with Gasteiger partial charge in [-0.3, -0.25) is 39.1 Å². The minimum absolute atomic E-state index is 0.00812. The van der Waals surface area contributed by atoms with Gasteiger partial charge in [-0.25, -0.2) is 9.37 Å². The van der Waals surface area contributed by atoms with Gasteiger partial charge in [-0.1, -0.05) is 39.3 Å². The second kappa shape index (κ2) is 15.8. The van der Waals surface area contributed by atoms with Gasteiger partial charge in [0.2, 0.25) is 11.8 Å². The maximum Gasteiger partial charge on any atom is 0.262 e. The molecular weight excluding hydrogens is 791 g/mol. The lowest BCUT2D eigenvalue weighted by atomic mass is 9.49. The monoisotopic (exact) mass is 846 g/mol. The first kappa shape index (κ1) is 32.2. The molecule has 60 heavy (non-hydrogen) atoms. The maximum absolute atomic E-state index is 16.1. The first-order chi connectivity index (χ1) is 31.6. The van der Waals surface area contributed by atoms with E-state index in [4.69, 9.17) is 27.3 Å². The predicted molar refractivity (Wildman–Crippen MR) is 220 cm³/mol. The molecule has 0 spiro atoms. The average Bonchev–Trinajstić information content (AvgIpc) is 3.50. The number of nitrogens with one attached hydrogen (secondary N) is 2. The molecule has 14 nitrogen and oxygen atoms in total. The number of hydrogen-bond acceptors (Lipinski definition) is 11. The molecule has 1 unspecified atom stereocenters. The number of ether oxygens (including phenoxy) is 1. The van der Waals surface area contributed by atoms with E-state index in [0.29, 0.717) is 70.6 Å². The van der Waals surface area contributed by atoms with Crippen LogP contribution < -0.4 is 25.2 Å². The van der Waals surface area contributed by atoms with E-state index in [1.165, 1.54) is 6.20 Å². The molecule has 314 valence electrons. The van der Waals surface area contributed by atoms with Gasteiger partial charge < -0.3 is 19.9 Å². The van der Waals surface area contributed by atoms with E-state index in [9.17, 15) is 29.2 Å². The van der Waals surface area contributed by atoms with Gasteiger partial charge in [0, 0.05) is 86.7 Å². The van der Waals surface area contributed by atoms with Crippen LogP contribution in [0.5, 0.6) is 5.75 Å². The first-order valence-electron chi connectivity index (χ1n) is 23.6. The van der Waals surface area contributed by atoms with E-state index < -0.39 is 102 Å². The van der Waals surface area contributed by atoms with Crippen molar-refractivity contribution in [2.24, 2.45) is 16.7 Å². The summed E-state index contributed by atoms with van der Waals surface area (Å²) in [5.74, 6) is -4.94. The molecule has 2 N–H and O–H groups in total. The summed E-state index contributed by atoms with van der Waals surface area (Å²) in [6, 6.07) is 9.74. The van der Waals surface area contributed by atoms with Crippen molar-refractivity contribution in [1.82, 2.24) is 25.4 Å². The van der Waals surface area contributed by atoms with E-state index in [1.807, 2.05) is 44.0 Å². The number of anilines is 2. The van der Waals surface area contributed by atoms with E-state index >= 15 is 4.39 Å². The van der Waals surface area contributed by atoms with Crippen molar-refractivity contribution in [2.75, 3.05) is 55.4 Å². The summed E-state index contributed by atoms with van der Waals surface area (Å²) in [4.78, 5) is 72.2. The lowest BCUT2D eigenvalue weighted by molar-refractivity contribution is -0.164. The first-order valence-corrected chi connectivity index (χ1v) is 20.0. The van der Waals surface area contributed by atoms with Crippen molar-refractivity contribution >= 4 is 52.6 Å². The van der Waals surface area contributed by atoms with Gasteiger partial charge in [-0.15, -0.1) is 0 Å². The zero-order chi connectivity index (χ0) is 49.8. The molecule has 1 aromatic heterocycles. The number of fused-ring (bicyclic) bond motifs is 1. The molecule has 16 heteroatoms. The number of aromatic nitrogens is 1. The van der Waals surface area contributed by atoms with Crippen LogP contribution in [0.25, 0.3) is 0 Å². The zero-order valence-electron chi connectivity index (χ0n) is 41.3. The largest absolute Gasteiger partial charge is 0.489 e. The highest BCUT2D eigenvalue weighted by Crippen LogP contribution is 2.55. The second-order valence-corrected chi connectivity index (χ2v) is 17.2. The van der Waals surface area contributed by atoms with E-state index in [1.54, 1.807) is 30.3 Å². The van der Waals surface area contributed by atoms with Gasteiger partial charge in [0.25, 0.3) is 17.7 Å². The predicted octanol–water partition coefficient (Wildman–Crippen LogP) is 4.80. The van der Waals surface area contributed by atoms with Crippen LogP contribution >= 0.6 is 11.6 Å². The highest BCUT2D eigenvalue weighted by atomic mass is 35.5. The number of nitrogens with zero attached hydrogens (tertiary/aromatic N) is 6. The summed E-state index contributed by atoms with van der Waals surface area (Å²) in [5.41, 5.74) is -2.43. The number of carbonyl (C=O) groups excluding carboxylic acids is 5. The summed E-state index contributed by atoms with van der Waals surface area (Å²) in [6.07, 6.45) is 1.43. The SMILES string of the molecule is [2H]C1([2H])N(CC2CCN(c3ccc(C(=O)NC4C(C)(C)C(Oc5ccc(C#N)c(Cl)c5)C4(C)C)cn3)CC2)C([2H])([2H])C([2H])([2H])N(c2cc3c(cc2F)C(=O)N(C2CCC(=O)NC2=O)C3=O)C1([2H])[2H]. The number of halogens is 2. The van der Waals surface area contributed by atoms with Gasteiger partial charge in [-0.05, 0) is 61.6 Å². The lowest BCUT2D eigenvalue weighted by Gasteiger charge is -2.63. The fourth-order valence-electron chi connectivity index (χ4n) is 9.26. The second-order valence-electron chi connectivity index (χ2n) is 16.8. The summed E-state index contributed by atoms with van der Waals surface area (Å²) >= 11 is 6.23. The third kappa shape index (κ3) is 7.44. The van der Waals surface area contributed by atoms with Crippen molar-refractivity contribution in [3.8, 4) is 11.8 Å². The summed E-state index contributed by atoms with van der Waals surface area (Å²) < 4.78 is 94.3. The number of rotatable bonds is 9. The number of piperidine rings is 2. The van der Waals surface area contributed by atoms with Gasteiger partial charge in [-0.2, -0.15) is 5.26 Å². The molecular formula is C44H48ClFN8O6. The molecule has 0 bridgehead atoms. The molecule has 4 fully saturated rings. The summed E-state index contributed by atoms with van der Waals surface area (Å²) in [6.45, 7) is -5.39. The van der Waals surface area contributed by atoms with Gasteiger partial charge in [0.1, 0.15) is 35.6 Å². The van der Waals surface area contributed by atoms with Crippen LogP contribution in [0.4, 0.5) is 15.9 Å². The molecule has 4 aliphatic heterocycles. The zero-order valence-corrected chi connectivity index (χ0v) is 34.0. The van der Waals surface area contributed by atoms with Crippen LogP contribution in [0.1, 0.15) is 101 Å². The fraction of sp³-hybridized carbons (Fsp3) is 0.477. The van der Waals surface area contributed by atoms with Gasteiger partial charge in [0.05, 0.1) is 38.4 Å². The normalized spacial score (nSPS) is 29.4. The Morgan fingerprint density at radius 2 is 1.67 bits per heavy atom. The third-order valence-electron chi connectivity index (χ3n) is 12.2. The number of piperazine rings is 1. The molecule has 5 amide bonds. The number of imide groups is 2. The molecule has 3 saturated heterocycles.